The van der Waals surface area contributed by atoms with Crippen molar-refractivity contribution in [3.63, 3.8) is 0 Å². The quantitative estimate of drug-likeness (QED) is 0.315. The van der Waals surface area contributed by atoms with E-state index in [1.165, 1.54) is 42.7 Å². The third kappa shape index (κ3) is 8.70. The second kappa shape index (κ2) is 12.4. The van der Waals surface area contributed by atoms with E-state index in [4.69, 9.17) is 4.74 Å². The van der Waals surface area contributed by atoms with Crippen LogP contribution in [0.1, 0.15) is 82.6 Å². The maximum Gasteiger partial charge on any atom is 0.119 e. The van der Waals surface area contributed by atoms with Crippen molar-refractivity contribution in [3.05, 3.63) is 23.8 Å². The Morgan fingerprint density at radius 2 is 1.53 bits per heavy atom. The molecule has 4 rings (SSSR count). The zero-order valence-corrected chi connectivity index (χ0v) is 22.1. The predicted molar refractivity (Wildman–Crippen MR) is 141 cm³/mol. The number of benzene rings is 1. The monoisotopic (exact) mass is 490 g/mol. The topological polar surface area (TPSA) is 56.2 Å². The van der Waals surface area contributed by atoms with Crippen LogP contribution in [0.3, 0.4) is 0 Å². The molecule has 1 heterocycles. The van der Waals surface area contributed by atoms with Crippen LogP contribution in [-0.2, 0) is 6.54 Å². The highest BCUT2D eigenvalue weighted by Gasteiger charge is 2.39. The van der Waals surface area contributed by atoms with Gasteiger partial charge < -0.3 is 19.8 Å². The standard InChI is InChI=1S/C28H46N2O3S/c1-33-25-8-9-26-24(22-25)23-30(20-21-34-26)19-7-6-18-29(16-4-2-10-27(31)12-13-27)17-5-3-11-28(32)14-15-28/h8-9,22,31-32H,2-7,10-21,23H2,1H3. The highest BCUT2D eigenvalue weighted by Crippen LogP contribution is 2.40. The van der Waals surface area contributed by atoms with Crippen LogP contribution in [0.4, 0.5) is 0 Å². The molecule has 3 aliphatic rings. The fraction of sp³-hybridized carbons (Fsp3) is 0.786. The van der Waals surface area contributed by atoms with Crippen molar-refractivity contribution in [2.24, 2.45) is 0 Å². The number of rotatable bonds is 16. The van der Waals surface area contributed by atoms with E-state index >= 15 is 0 Å². The van der Waals surface area contributed by atoms with E-state index in [9.17, 15) is 10.2 Å². The van der Waals surface area contributed by atoms with E-state index < -0.39 is 0 Å². The maximum atomic E-state index is 10.1. The number of hydrogen-bond donors (Lipinski definition) is 2. The van der Waals surface area contributed by atoms with Crippen LogP contribution in [-0.4, -0.2) is 76.8 Å². The molecular formula is C28H46N2O3S. The van der Waals surface area contributed by atoms with E-state index in [0.717, 1.165) is 95.6 Å². The summed E-state index contributed by atoms with van der Waals surface area (Å²) in [6.45, 7) is 6.79. The van der Waals surface area contributed by atoms with E-state index in [-0.39, 0.29) is 11.2 Å². The van der Waals surface area contributed by atoms with Gasteiger partial charge in [-0.1, -0.05) is 0 Å². The number of thioether (sulfide) groups is 1. The van der Waals surface area contributed by atoms with E-state index in [1.807, 2.05) is 11.8 Å². The lowest BCUT2D eigenvalue weighted by atomic mass is 10.1. The van der Waals surface area contributed by atoms with Crippen molar-refractivity contribution in [1.82, 2.24) is 9.80 Å². The van der Waals surface area contributed by atoms with Crippen molar-refractivity contribution in [3.8, 4) is 5.75 Å². The SMILES string of the molecule is COc1ccc2c(c1)CN(CCCCN(CCCCC1(O)CC1)CCCCC1(O)CC1)CCS2. The molecule has 1 aromatic rings. The first-order valence-corrected chi connectivity index (χ1v) is 14.6. The molecule has 2 aliphatic carbocycles. The molecule has 0 unspecified atom stereocenters. The lowest BCUT2D eigenvalue weighted by molar-refractivity contribution is 0.131. The van der Waals surface area contributed by atoms with Gasteiger partial charge in [-0.05, 0) is 127 Å². The number of ether oxygens (including phenoxy) is 1. The fourth-order valence-electron chi connectivity index (χ4n) is 5.12. The van der Waals surface area contributed by atoms with Crippen LogP contribution in [0.25, 0.3) is 0 Å². The van der Waals surface area contributed by atoms with E-state index in [0.29, 0.717) is 0 Å². The Morgan fingerprint density at radius 3 is 2.12 bits per heavy atom. The summed E-state index contributed by atoms with van der Waals surface area (Å²) in [6.07, 6.45) is 13.1. The van der Waals surface area contributed by atoms with Crippen LogP contribution in [0.5, 0.6) is 5.75 Å². The average Bonchev–Trinajstić information content (AvgIpc) is 3.75. The van der Waals surface area contributed by atoms with Crippen molar-refractivity contribution in [2.45, 2.75) is 99.7 Å². The molecule has 0 spiro atoms. The Bertz CT molecular complexity index is 740. The van der Waals surface area contributed by atoms with Gasteiger partial charge in [0, 0.05) is 23.7 Å². The molecule has 0 aromatic heterocycles. The normalized spacial score (nSPS) is 20.7. The average molecular weight is 491 g/mol. The number of nitrogens with zero attached hydrogens (tertiary/aromatic N) is 2. The minimum atomic E-state index is -0.307. The zero-order valence-electron chi connectivity index (χ0n) is 21.3. The van der Waals surface area contributed by atoms with Crippen LogP contribution in [0.2, 0.25) is 0 Å². The first kappa shape index (κ1) is 26.3. The lowest BCUT2D eigenvalue weighted by Gasteiger charge is -2.24. The number of aliphatic hydroxyl groups is 2. The number of methoxy groups -OCH3 is 1. The second-order valence-electron chi connectivity index (χ2n) is 11.0. The Balaban J connectivity index is 1.16. The highest BCUT2D eigenvalue weighted by atomic mass is 32.2. The molecule has 5 nitrogen and oxygen atoms in total. The summed E-state index contributed by atoms with van der Waals surface area (Å²) in [5.41, 5.74) is 0.787. The number of hydrogen-bond acceptors (Lipinski definition) is 6. The molecule has 1 aliphatic heterocycles. The smallest absolute Gasteiger partial charge is 0.119 e. The molecule has 2 fully saturated rings. The molecule has 0 bridgehead atoms. The van der Waals surface area contributed by atoms with Crippen molar-refractivity contribution in [2.75, 3.05) is 45.6 Å². The summed E-state index contributed by atoms with van der Waals surface area (Å²) in [4.78, 5) is 6.66. The Kier molecular flexibility index (Phi) is 9.62. The largest absolute Gasteiger partial charge is 0.497 e. The molecule has 34 heavy (non-hydrogen) atoms. The van der Waals surface area contributed by atoms with Gasteiger partial charge in [0.05, 0.1) is 18.3 Å². The summed E-state index contributed by atoms with van der Waals surface area (Å²) in [5, 5.41) is 20.2. The summed E-state index contributed by atoms with van der Waals surface area (Å²) in [6, 6.07) is 6.49. The molecular weight excluding hydrogens is 444 g/mol. The molecule has 2 saturated carbocycles. The Labute approximate surface area is 211 Å². The molecule has 1 aromatic carbocycles. The predicted octanol–water partition coefficient (Wildman–Crippen LogP) is 5.08. The van der Waals surface area contributed by atoms with Gasteiger partial charge in [-0.2, -0.15) is 0 Å². The zero-order chi connectivity index (χ0) is 23.9. The molecule has 192 valence electrons. The van der Waals surface area contributed by atoms with Gasteiger partial charge in [0.15, 0.2) is 0 Å². The van der Waals surface area contributed by atoms with Gasteiger partial charge in [-0.3, -0.25) is 4.90 Å². The lowest BCUT2D eigenvalue weighted by Crippen LogP contribution is -2.29. The summed E-state index contributed by atoms with van der Waals surface area (Å²) < 4.78 is 5.44. The summed E-state index contributed by atoms with van der Waals surface area (Å²) in [5.74, 6) is 2.11. The van der Waals surface area contributed by atoms with Crippen LogP contribution in [0, 0.1) is 0 Å². The van der Waals surface area contributed by atoms with Crippen molar-refractivity contribution in [1.29, 1.82) is 0 Å². The van der Waals surface area contributed by atoms with Gasteiger partial charge >= 0.3 is 0 Å². The first-order chi connectivity index (χ1) is 16.5. The molecule has 0 amide bonds. The number of unbranched alkanes of at least 4 members (excludes halogenated alkanes) is 3. The molecule has 6 heteroatoms. The van der Waals surface area contributed by atoms with Crippen LogP contribution >= 0.6 is 11.8 Å². The van der Waals surface area contributed by atoms with Crippen LogP contribution < -0.4 is 4.74 Å². The van der Waals surface area contributed by atoms with Gasteiger partial charge in [-0.15, -0.1) is 11.8 Å². The molecule has 2 N–H and O–H groups in total. The van der Waals surface area contributed by atoms with Gasteiger partial charge in [0.1, 0.15) is 5.75 Å². The van der Waals surface area contributed by atoms with Gasteiger partial charge in [0.25, 0.3) is 0 Å². The third-order valence-electron chi connectivity index (χ3n) is 7.91. The highest BCUT2D eigenvalue weighted by molar-refractivity contribution is 7.99. The van der Waals surface area contributed by atoms with E-state index in [1.54, 1.807) is 7.11 Å². The third-order valence-corrected chi connectivity index (χ3v) is 9.01. The fourth-order valence-corrected chi connectivity index (χ4v) is 6.16. The molecule has 0 atom stereocenters. The van der Waals surface area contributed by atoms with Gasteiger partial charge in [-0.25, -0.2) is 0 Å². The Morgan fingerprint density at radius 1 is 0.912 bits per heavy atom. The van der Waals surface area contributed by atoms with Gasteiger partial charge in [0.2, 0.25) is 0 Å². The van der Waals surface area contributed by atoms with Crippen molar-refractivity contribution < 1.29 is 14.9 Å². The summed E-state index contributed by atoms with van der Waals surface area (Å²) >= 11 is 1.97. The minimum absolute atomic E-state index is 0.307. The first-order valence-electron chi connectivity index (χ1n) is 13.7. The van der Waals surface area contributed by atoms with Crippen molar-refractivity contribution >= 4 is 11.8 Å². The number of fused-ring (bicyclic) bond motifs is 1. The Hall–Kier alpha value is -0.790. The summed E-state index contributed by atoms with van der Waals surface area (Å²) in [7, 11) is 1.75. The van der Waals surface area contributed by atoms with Crippen LogP contribution in [0.15, 0.2) is 23.1 Å². The molecule has 0 saturated heterocycles. The molecule has 0 radical (unpaired) electrons. The van der Waals surface area contributed by atoms with E-state index in [2.05, 4.69) is 28.0 Å². The second-order valence-corrected chi connectivity index (χ2v) is 12.1. The minimum Gasteiger partial charge on any atom is -0.497 e. The maximum absolute atomic E-state index is 10.1.